The second-order valence-electron chi connectivity index (χ2n) is 5.24. The third-order valence-corrected chi connectivity index (χ3v) is 3.25. The van der Waals surface area contributed by atoms with E-state index in [9.17, 15) is 0 Å². The van der Waals surface area contributed by atoms with Gasteiger partial charge < -0.3 is 4.74 Å². The molecule has 1 aromatic carbocycles. The molecular weight excluding hydrogens is 292 g/mol. The largest absolute Gasteiger partial charge is 0.494 e. The van der Waals surface area contributed by atoms with Gasteiger partial charge in [0.1, 0.15) is 5.75 Å². The Labute approximate surface area is 144 Å². The molecule has 0 saturated heterocycles. The van der Waals surface area contributed by atoms with Gasteiger partial charge in [0.15, 0.2) is 0 Å². The zero-order valence-electron chi connectivity index (χ0n) is 15.6. The van der Waals surface area contributed by atoms with Crippen LogP contribution >= 0.6 is 11.6 Å². The summed E-state index contributed by atoms with van der Waals surface area (Å²) in [7, 11) is 0. The van der Waals surface area contributed by atoms with Gasteiger partial charge in [-0.15, -0.1) is 0 Å². The van der Waals surface area contributed by atoms with Crippen molar-refractivity contribution in [3.8, 4) is 5.75 Å². The molecule has 0 bridgehead atoms. The van der Waals surface area contributed by atoms with E-state index in [1.165, 1.54) is 32.1 Å². The predicted octanol–water partition coefficient (Wildman–Crippen LogP) is 7.77. The van der Waals surface area contributed by atoms with E-state index >= 15 is 0 Å². The smallest absolute Gasteiger partial charge is 0.119 e. The lowest BCUT2D eigenvalue weighted by molar-refractivity contribution is 0.264. The lowest BCUT2D eigenvalue weighted by atomic mass is 9.95. The topological polar surface area (TPSA) is 9.23 Å². The SMILES string of the molecule is CC.CCC.CCCC(CCC)CCOc1ccc(Cl)cc1. The fourth-order valence-corrected chi connectivity index (χ4v) is 2.25. The lowest BCUT2D eigenvalue weighted by Gasteiger charge is -2.15. The molecule has 0 unspecified atom stereocenters. The summed E-state index contributed by atoms with van der Waals surface area (Å²) < 4.78 is 5.73. The van der Waals surface area contributed by atoms with Crippen molar-refractivity contribution in [3.63, 3.8) is 0 Å². The quantitative estimate of drug-likeness (QED) is 0.473. The summed E-state index contributed by atoms with van der Waals surface area (Å²) in [4.78, 5) is 0. The normalized spacial score (nSPS) is 9.45. The highest BCUT2D eigenvalue weighted by atomic mass is 35.5. The molecule has 2 heteroatoms. The Morgan fingerprint density at radius 2 is 1.32 bits per heavy atom. The van der Waals surface area contributed by atoms with Crippen molar-refractivity contribution in [2.24, 2.45) is 5.92 Å². The number of benzene rings is 1. The van der Waals surface area contributed by atoms with Crippen LogP contribution in [0.4, 0.5) is 0 Å². The van der Waals surface area contributed by atoms with Crippen LogP contribution < -0.4 is 4.74 Å². The minimum absolute atomic E-state index is 0.757. The van der Waals surface area contributed by atoms with E-state index in [1.54, 1.807) is 0 Å². The van der Waals surface area contributed by atoms with Crippen molar-refractivity contribution in [1.29, 1.82) is 0 Å². The molecule has 0 fully saturated rings. The van der Waals surface area contributed by atoms with Gasteiger partial charge in [0, 0.05) is 5.02 Å². The zero-order valence-corrected chi connectivity index (χ0v) is 16.4. The fraction of sp³-hybridized carbons (Fsp3) is 0.700. The molecule has 0 N–H and O–H groups in total. The van der Waals surface area contributed by atoms with Gasteiger partial charge in [0.25, 0.3) is 0 Å². The summed E-state index contributed by atoms with van der Waals surface area (Å²) in [6.45, 7) is 13.6. The Morgan fingerprint density at radius 1 is 0.864 bits per heavy atom. The van der Waals surface area contributed by atoms with Crippen molar-refractivity contribution in [2.75, 3.05) is 6.61 Å². The molecule has 1 nitrogen and oxygen atoms in total. The first kappa shape index (κ1) is 23.6. The first-order valence-corrected chi connectivity index (χ1v) is 9.43. The van der Waals surface area contributed by atoms with E-state index in [2.05, 4.69) is 27.7 Å². The van der Waals surface area contributed by atoms with Gasteiger partial charge in [-0.25, -0.2) is 0 Å². The van der Waals surface area contributed by atoms with Crippen LogP contribution in [0, 0.1) is 5.92 Å². The second kappa shape index (κ2) is 18.4. The Hall–Kier alpha value is -0.690. The van der Waals surface area contributed by atoms with Crippen LogP contribution in [0.5, 0.6) is 5.75 Å². The van der Waals surface area contributed by atoms with E-state index in [1.807, 2.05) is 38.1 Å². The Balaban J connectivity index is 0. The zero-order chi connectivity index (χ0) is 17.2. The summed E-state index contributed by atoms with van der Waals surface area (Å²) >= 11 is 5.82. The highest BCUT2D eigenvalue weighted by Crippen LogP contribution is 2.19. The summed E-state index contributed by atoms with van der Waals surface area (Å²) in [6, 6.07) is 7.59. The van der Waals surface area contributed by atoms with Gasteiger partial charge in [-0.1, -0.05) is 85.2 Å². The Morgan fingerprint density at radius 3 is 1.73 bits per heavy atom. The molecule has 0 amide bonds. The third-order valence-electron chi connectivity index (χ3n) is 3.00. The van der Waals surface area contributed by atoms with Crippen molar-refractivity contribution in [3.05, 3.63) is 29.3 Å². The number of hydrogen-bond donors (Lipinski definition) is 0. The standard InChI is InChI=1S/C15H23ClO.C3H8.C2H6/c1-3-5-13(6-4-2)11-12-17-15-9-7-14(16)8-10-15;1-3-2;1-2/h7-10,13H,3-6,11-12H2,1-2H3;3H2,1-2H3;1-2H3. The molecule has 1 rings (SSSR count). The van der Waals surface area contributed by atoms with Crippen LogP contribution in [0.15, 0.2) is 24.3 Å². The van der Waals surface area contributed by atoms with E-state index < -0.39 is 0 Å². The van der Waals surface area contributed by atoms with Crippen molar-refractivity contribution < 1.29 is 4.74 Å². The lowest BCUT2D eigenvalue weighted by Crippen LogP contribution is -2.07. The number of rotatable bonds is 8. The molecule has 22 heavy (non-hydrogen) atoms. The minimum Gasteiger partial charge on any atom is -0.494 e. The van der Waals surface area contributed by atoms with Crippen molar-refractivity contribution in [2.45, 2.75) is 80.1 Å². The first-order chi connectivity index (χ1) is 10.7. The van der Waals surface area contributed by atoms with Crippen molar-refractivity contribution >= 4 is 11.6 Å². The van der Waals surface area contributed by atoms with E-state index in [0.29, 0.717) is 0 Å². The third kappa shape index (κ3) is 14.3. The molecular formula is C20H37ClO. The van der Waals surface area contributed by atoms with Gasteiger partial charge in [-0.3, -0.25) is 0 Å². The summed E-state index contributed by atoms with van der Waals surface area (Å²) in [5, 5.41) is 0.757. The molecule has 0 heterocycles. The summed E-state index contributed by atoms with van der Waals surface area (Å²) in [5.74, 6) is 1.73. The molecule has 0 spiro atoms. The molecule has 0 radical (unpaired) electrons. The predicted molar refractivity (Wildman–Crippen MR) is 102 cm³/mol. The van der Waals surface area contributed by atoms with E-state index in [4.69, 9.17) is 16.3 Å². The fourth-order valence-electron chi connectivity index (χ4n) is 2.12. The Kier molecular flexibility index (Phi) is 19.7. The number of ether oxygens (including phenoxy) is 1. The van der Waals surface area contributed by atoms with Crippen LogP contribution in [0.2, 0.25) is 5.02 Å². The highest BCUT2D eigenvalue weighted by Gasteiger charge is 2.06. The highest BCUT2D eigenvalue weighted by molar-refractivity contribution is 6.30. The Bertz CT molecular complexity index is 302. The van der Waals surface area contributed by atoms with Crippen LogP contribution in [0.1, 0.15) is 80.1 Å². The van der Waals surface area contributed by atoms with Crippen LogP contribution in [-0.2, 0) is 0 Å². The van der Waals surface area contributed by atoms with Crippen LogP contribution in [0.3, 0.4) is 0 Å². The average Bonchev–Trinajstić information content (AvgIpc) is 2.52. The molecule has 130 valence electrons. The van der Waals surface area contributed by atoms with E-state index in [0.717, 1.165) is 29.7 Å². The molecule has 0 atom stereocenters. The molecule has 0 saturated carbocycles. The molecule has 1 aromatic rings. The summed E-state index contributed by atoms with van der Waals surface area (Å²) in [6.07, 6.45) is 7.58. The maximum atomic E-state index is 5.82. The van der Waals surface area contributed by atoms with Crippen molar-refractivity contribution in [1.82, 2.24) is 0 Å². The van der Waals surface area contributed by atoms with Crippen LogP contribution in [-0.4, -0.2) is 6.61 Å². The maximum absolute atomic E-state index is 5.82. The monoisotopic (exact) mass is 328 g/mol. The minimum atomic E-state index is 0.757. The maximum Gasteiger partial charge on any atom is 0.119 e. The van der Waals surface area contributed by atoms with Gasteiger partial charge >= 0.3 is 0 Å². The van der Waals surface area contributed by atoms with Gasteiger partial charge in [-0.2, -0.15) is 0 Å². The molecule has 0 aliphatic carbocycles. The van der Waals surface area contributed by atoms with Gasteiger partial charge in [-0.05, 0) is 36.6 Å². The molecule has 0 aliphatic rings. The summed E-state index contributed by atoms with van der Waals surface area (Å²) in [5.41, 5.74) is 0. The molecule has 0 aromatic heterocycles. The van der Waals surface area contributed by atoms with Gasteiger partial charge in [0.05, 0.1) is 6.61 Å². The van der Waals surface area contributed by atoms with Crippen LogP contribution in [0.25, 0.3) is 0 Å². The van der Waals surface area contributed by atoms with E-state index in [-0.39, 0.29) is 0 Å². The second-order valence-corrected chi connectivity index (χ2v) is 5.68. The van der Waals surface area contributed by atoms with Gasteiger partial charge in [0.2, 0.25) is 0 Å². The number of halogens is 1. The first-order valence-electron chi connectivity index (χ1n) is 9.06. The number of hydrogen-bond acceptors (Lipinski definition) is 1. The molecule has 0 aliphatic heterocycles. The average molecular weight is 329 g/mol.